The number of methoxy groups -OCH3 is 1. The van der Waals surface area contributed by atoms with Crippen LogP contribution in [0.4, 0.5) is 0 Å². The average Bonchev–Trinajstić information content (AvgIpc) is 2.99. The van der Waals surface area contributed by atoms with Gasteiger partial charge in [-0.3, -0.25) is 0 Å². The number of nitrogens with one attached hydrogen (secondary N) is 1. The van der Waals surface area contributed by atoms with E-state index in [0.29, 0.717) is 12.1 Å². The molecule has 1 N–H and O–H groups in total. The lowest BCUT2D eigenvalue weighted by Crippen LogP contribution is -2.29. The van der Waals surface area contributed by atoms with Crippen molar-refractivity contribution in [2.75, 3.05) is 20.3 Å². The predicted octanol–water partition coefficient (Wildman–Crippen LogP) is 3.18. The summed E-state index contributed by atoms with van der Waals surface area (Å²) in [7, 11) is 1.70. The quantitative estimate of drug-likeness (QED) is 0.791. The predicted molar refractivity (Wildman–Crippen MR) is 82.4 cm³/mol. The maximum atomic E-state index is 5.63. The molecule has 2 atom stereocenters. The van der Waals surface area contributed by atoms with Gasteiger partial charge in [0, 0.05) is 12.6 Å². The number of hydrogen-bond donors (Lipinski definition) is 1. The van der Waals surface area contributed by atoms with Crippen LogP contribution in [0.1, 0.15) is 38.2 Å². The zero-order valence-corrected chi connectivity index (χ0v) is 12.7. The summed E-state index contributed by atoms with van der Waals surface area (Å²) in [6, 6.07) is 8.92. The molecule has 3 nitrogen and oxygen atoms in total. The highest BCUT2D eigenvalue weighted by Gasteiger charge is 2.14. The van der Waals surface area contributed by atoms with Crippen molar-refractivity contribution in [3.8, 4) is 5.75 Å². The molecule has 1 aliphatic rings. The molecule has 2 rings (SSSR count). The molecule has 1 aliphatic heterocycles. The van der Waals surface area contributed by atoms with E-state index in [4.69, 9.17) is 9.47 Å². The summed E-state index contributed by atoms with van der Waals surface area (Å²) in [5.41, 5.74) is 1.37. The Balaban J connectivity index is 1.59. The van der Waals surface area contributed by atoms with E-state index in [9.17, 15) is 0 Å². The number of hydrogen-bond acceptors (Lipinski definition) is 3. The van der Waals surface area contributed by atoms with Crippen LogP contribution in [-0.2, 0) is 11.2 Å². The molecule has 0 aliphatic carbocycles. The molecule has 1 aromatic carbocycles. The van der Waals surface area contributed by atoms with Crippen LogP contribution in [0.25, 0.3) is 0 Å². The second-order valence-corrected chi connectivity index (χ2v) is 5.67. The van der Waals surface area contributed by atoms with Gasteiger partial charge in [-0.1, -0.05) is 12.1 Å². The third-order valence-corrected chi connectivity index (χ3v) is 4.01. The smallest absolute Gasteiger partial charge is 0.118 e. The Morgan fingerprint density at radius 1 is 1.35 bits per heavy atom. The van der Waals surface area contributed by atoms with Crippen molar-refractivity contribution in [2.45, 2.75) is 51.2 Å². The Hall–Kier alpha value is -1.06. The number of aryl methyl sites for hydroxylation is 1. The molecule has 0 amide bonds. The van der Waals surface area contributed by atoms with E-state index >= 15 is 0 Å². The molecule has 1 saturated heterocycles. The summed E-state index contributed by atoms with van der Waals surface area (Å²) in [5, 5.41) is 3.60. The fourth-order valence-electron chi connectivity index (χ4n) is 2.64. The lowest BCUT2D eigenvalue weighted by molar-refractivity contribution is 0.103. The fourth-order valence-corrected chi connectivity index (χ4v) is 2.64. The average molecular weight is 277 g/mol. The van der Waals surface area contributed by atoms with Gasteiger partial charge >= 0.3 is 0 Å². The van der Waals surface area contributed by atoms with Gasteiger partial charge in [0.05, 0.1) is 13.2 Å². The summed E-state index contributed by atoms with van der Waals surface area (Å²) >= 11 is 0. The van der Waals surface area contributed by atoms with Crippen molar-refractivity contribution >= 4 is 0 Å². The van der Waals surface area contributed by atoms with Crippen LogP contribution >= 0.6 is 0 Å². The van der Waals surface area contributed by atoms with Gasteiger partial charge in [-0.15, -0.1) is 0 Å². The molecule has 3 heteroatoms. The van der Waals surface area contributed by atoms with Crippen molar-refractivity contribution in [1.29, 1.82) is 0 Å². The number of benzene rings is 1. The van der Waals surface area contributed by atoms with Gasteiger partial charge in [-0.25, -0.2) is 0 Å². The summed E-state index contributed by atoms with van der Waals surface area (Å²) in [6.45, 7) is 4.28. The Bertz CT molecular complexity index is 371. The van der Waals surface area contributed by atoms with Crippen LogP contribution < -0.4 is 10.1 Å². The third-order valence-electron chi connectivity index (χ3n) is 4.01. The standard InChI is InChI=1S/C17H27NO2/c1-14(18-12-11-17-4-3-13-20-17)5-6-15-7-9-16(19-2)10-8-15/h7-10,14,17-18H,3-6,11-13H2,1-2H3. The summed E-state index contributed by atoms with van der Waals surface area (Å²) in [4.78, 5) is 0. The Morgan fingerprint density at radius 2 is 2.15 bits per heavy atom. The van der Waals surface area contributed by atoms with Crippen molar-refractivity contribution in [3.05, 3.63) is 29.8 Å². The van der Waals surface area contributed by atoms with Crippen LogP contribution in [-0.4, -0.2) is 32.4 Å². The molecule has 1 heterocycles. The first-order valence-electron chi connectivity index (χ1n) is 7.76. The minimum absolute atomic E-state index is 0.497. The molecular formula is C17H27NO2. The van der Waals surface area contributed by atoms with Crippen LogP contribution in [0.15, 0.2) is 24.3 Å². The highest BCUT2D eigenvalue weighted by atomic mass is 16.5. The SMILES string of the molecule is COc1ccc(CCC(C)NCCC2CCCO2)cc1. The van der Waals surface area contributed by atoms with E-state index in [-0.39, 0.29) is 0 Å². The van der Waals surface area contributed by atoms with Crippen LogP contribution in [0, 0.1) is 0 Å². The van der Waals surface area contributed by atoms with Crippen molar-refractivity contribution < 1.29 is 9.47 Å². The monoisotopic (exact) mass is 277 g/mol. The van der Waals surface area contributed by atoms with Gasteiger partial charge in [-0.2, -0.15) is 0 Å². The van der Waals surface area contributed by atoms with Crippen LogP contribution in [0.5, 0.6) is 5.75 Å². The van der Waals surface area contributed by atoms with E-state index < -0.39 is 0 Å². The highest BCUT2D eigenvalue weighted by Crippen LogP contribution is 2.15. The maximum Gasteiger partial charge on any atom is 0.118 e. The molecule has 0 bridgehead atoms. The second-order valence-electron chi connectivity index (χ2n) is 5.67. The molecule has 20 heavy (non-hydrogen) atoms. The van der Waals surface area contributed by atoms with Crippen molar-refractivity contribution in [3.63, 3.8) is 0 Å². The molecular weight excluding hydrogens is 250 g/mol. The maximum absolute atomic E-state index is 5.63. The van der Waals surface area contributed by atoms with Crippen molar-refractivity contribution in [2.24, 2.45) is 0 Å². The van der Waals surface area contributed by atoms with Crippen molar-refractivity contribution in [1.82, 2.24) is 5.32 Å². The molecule has 1 fully saturated rings. The zero-order chi connectivity index (χ0) is 14.2. The van der Waals surface area contributed by atoms with Gasteiger partial charge in [0.25, 0.3) is 0 Å². The largest absolute Gasteiger partial charge is 0.497 e. The van der Waals surface area contributed by atoms with Crippen LogP contribution in [0.2, 0.25) is 0 Å². The van der Waals surface area contributed by atoms with E-state index in [0.717, 1.165) is 38.2 Å². The summed E-state index contributed by atoms with van der Waals surface area (Å²) in [6.07, 6.45) is 6.39. The van der Waals surface area contributed by atoms with E-state index in [1.54, 1.807) is 7.11 Å². The lowest BCUT2D eigenvalue weighted by Gasteiger charge is -2.15. The number of ether oxygens (including phenoxy) is 2. The Morgan fingerprint density at radius 3 is 2.80 bits per heavy atom. The molecule has 0 spiro atoms. The van der Waals surface area contributed by atoms with E-state index in [1.165, 1.54) is 18.4 Å². The first kappa shape index (κ1) is 15.3. The van der Waals surface area contributed by atoms with Crippen LogP contribution in [0.3, 0.4) is 0 Å². The zero-order valence-electron chi connectivity index (χ0n) is 12.7. The summed E-state index contributed by atoms with van der Waals surface area (Å²) < 4.78 is 10.8. The molecule has 0 aromatic heterocycles. The Kier molecular flexibility index (Phi) is 6.34. The second kappa shape index (κ2) is 8.28. The molecule has 0 saturated carbocycles. The normalized spacial score (nSPS) is 20.0. The molecule has 112 valence electrons. The van der Waals surface area contributed by atoms with Gasteiger partial charge in [0.2, 0.25) is 0 Å². The first-order chi connectivity index (χ1) is 9.78. The first-order valence-corrected chi connectivity index (χ1v) is 7.76. The molecule has 0 radical (unpaired) electrons. The van der Waals surface area contributed by atoms with Gasteiger partial charge in [0.1, 0.15) is 5.75 Å². The molecule has 2 unspecified atom stereocenters. The minimum Gasteiger partial charge on any atom is -0.497 e. The fraction of sp³-hybridized carbons (Fsp3) is 0.647. The number of rotatable bonds is 8. The van der Waals surface area contributed by atoms with E-state index in [2.05, 4.69) is 24.4 Å². The highest BCUT2D eigenvalue weighted by molar-refractivity contribution is 5.27. The third kappa shape index (κ3) is 5.14. The molecule has 1 aromatic rings. The van der Waals surface area contributed by atoms with Gasteiger partial charge in [-0.05, 0) is 63.3 Å². The minimum atomic E-state index is 0.497. The lowest BCUT2D eigenvalue weighted by atomic mass is 10.1. The van der Waals surface area contributed by atoms with Gasteiger partial charge in [0.15, 0.2) is 0 Å². The Labute approximate surface area is 122 Å². The topological polar surface area (TPSA) is 30.5 Å². The van der Waals surface area contributed by atoms with E-state index in [1.807, 2.05) is 12.1 Å². The summed E-state index contributed by atoms with van der Waals surface area (Å²) in [5.74, 6) is 0.927. The van der Waals surface area contributed by atoms with Gasteiger partial charge < -0.3 is 14.8 Å².